The van der Waals surface area contributed by atoms with Crippen LogP contribution in [0.3, 0.4) is 0 Å². The number of aromatic nitrogens is 4. The third-order valence-corrected chi connectivity index (χ3v) is 6.77. The SMILES string of the molecule is CCc1nnc(NC(=O)c2sc3nc4n(c(=O)c3c2C)CCCCC4)s1. The Labute approximate surface area is 158 Å². The molecule has 0 unspecified atom stereocenters. The number of amides is 1. The second-order valence-electron chi connectivity index (χ2n) is 6.34. The van der Waals surface area contributed by atoms with Crippen molar-refractivity contribution in [2.75, 3.05) is 5.32 Å². The van der Waals surface area contributed by atoms with Crippen molar-refractivity contribution < 1.29 is 4.79 Å². The molecule has 26 heavy (non-hydrogen) atoms. The highest BCUT2D eigenvalue weighted by Crippen LogP contribution is 2.29. The van der Waals surface area contributed by atoms with Crippen LogP contribution in [0.4, 0.5) is 5.13 Å². The fourth-order valence-electron chi connectivity index (χ4n) is 3.23. The van der Waals surface area contributed by atoms with Gasteiger partial charge >= 0.3 is 0 Å². The third-order valence-electron chi connectivity index (χ3n) is 4.61. The Morgan fingerprint density at radius 2 is 2.08 bits per heavy atom. The molecule has 0 atom stereocenters. The Morgan fingerprint density at radius 1 is 1.23 bits per heavy atom. The number of aryl methyl sites for hydroxylation is 3. The third kappa shape index (κ3) is 2.95. The smallest absolute Gasteiger partial charge is 0.267 e. The summed E-state index contributed by atoms with van der Waals surface area (Å²) in [5.41, 5.74) is 0.670. The van der Waals surface area contributed by atoms with Crippen molar-refractivity contribution in [3.8, 4) is 0 Å². The fraction of sp³-hybridized carbons (Fsp3) is 0.471. The summed E-state index contributed by atoms with van der Waals surface area (Å²) in [5, 5.41) is 12.7. The van der Waals surface area contributed by atoms with E-state index in [-0.39, 0.29) is 11.5 Å². The van der Waals surface area contributed by atoms with E-state index in [9.17, 15) is 9.59 Å². The molecule has 4 heterocycles. The second kappa shape index (κ2) is 6.88. The molecular weight excluding hydrogens is 370 g/mol. The van der Waals surface area contributed by atoms with Gasteiger partial charge in [0.05, 0.1) is 10.3 Å². The van der Waals surface area contributed by atoms with E-state index < -0.39 is 0 Å². The predicted molar refractivity (Wildman–Crippen MR) is 103 cm³/mol. The molecule has 3 aromatic heterocycles. The van der Waals surface area contributed by atoms with Gasteiger partial charge < -0.3 is 0 Å². The van der Waals surface area contributed by atoms with E-state index in [1.807, 2.05) is 13.8 Å². The van der Waals surface area contributed by atoms with Crippen LogP contribution in [0.15, 0.2) is 4.79 Å². The number of anilines is 1. The number of thiophene rings is 1. The highest BCUT2D eigenvalue weighted by Gasteiger charge is 2.22. The van der Waals surface area contributed by atoms with Crippen molar-refractivity contribution in [2.45, 2.75) is 52.5 Å². The summed E-state index contributed by atoms with van der Waals surface area (Å²) >= 11 is 2.64. The van der Waals surface area contributed by atoms with Gasteiger partial charge in [0, 0.05) is 13.0 Å². The summed E-state index contributed by atoms with van der Waals surface area (Å²) in [6.45, 7) is 4.52. The Morgan fingerprint density at radius 3 is 2.85 bits per heavy atom. The number of hydrogen-bond donors (Lipinski definition) is 1. The highest BCUT2D eigenvalue weighted by atomic mass is 32.1. The van der Waals surface area contributed by atoms with Crippen LogP contribution in [-0.4, -0.2) is 25.7 Å². The molecule has 1 amide bonds. The van der Waals surface area contributed by atoms with Crippen LogP contribution in [-0.2, 0) is 19.4 Å². The van der Waals surface area contributed by atoms with Crippen molar-refractivity contribution >= 4 is 43.9 Å². The Kier molecular flexibility index (Phi) is 4.58. The van der Waals surface area contributed by atoms with Gasteiger partial charge in [0.1, 0.15) is 15.7 Å². The molecule has 1 aliphatic heterocycles. The van der Waals surface area contributed by atoms with Crippen molar-refractivity contribution in [1.82, 2.24) is 19.7 Å². The molecule has 0 bridgehead atoms. The van der Waals surface area contributed by atoms with Gasteiger partial charge in [-0.1, -0.05) is 24.7 Å². The van der Waals surface area contributed by atoms with Gasteiger partial charge in [-0.25, -0.2) is 4.98 Å². The molecule has 1 aliphatic rings. The first-order chi connectivity index (χ1) is 12.6. The minimum atomic E-state index is -0.260. The lowest BCUT2D eigenvalue weighted by Gasteiger charge is -2.08. The molecule has 1 N–H and O–H groups in total. The molecule has 0 saturated heterocycles. The lowest BCUT2D eigenvalue weighted by Crippen LogP contribution is -2.24. The van der Waals surface area contributed by atoms with Crippen LogP contribution in [0.1, 0.15) is 52.3 Å². The van der Waals surface area contributed by atoms with Crippen molar-refractivity contribution in [2.24, 2.45) is 0 Å². The van der Waals surface area contributed by atoms with E-state index in [2.05, 4.69) is 15.5 Å². The minimum Gasteiger partial charge on any atom is -0.296 e. The molecule has 0 spiro atoms. The topological polar surface area (TPSA) is 89.8 Å². The Hall–Kier alpha value is -2.13. The zero-order valence-corrected chi connectivity index (χ0v) is 16.3. The maximum Gasteiger partial charge on any atom is 0.267 e. The fourth-order valence-corrected chi connectivity index (χ4v) is 4.99. The summed E-state index contributed by atoms with van der Waals surface area (Å²) in [6, 6.07) is 0. The van der Waals surface area contributed by atoms with Gasteiger partial charge in [-0.15, -0.1) is 21.5 Å². The quantitative estimate of drug-likeness (QED) is 0.743. The number of hydrogen-bond acceptors (Lipinski definition) is 7. The molecule has 0 fully saturated rings. The van der Waals surface area contributed by atoms with Crippen LogP contribution < -0.4 is 10.9 Å². The van der Waals surface area contributed by atoms with Gasteiger partial charge in [0.15, 0.2) is 0 Å². The highest BCUT2D eigenvalue weighted by molar-refractivity contribution is 7.21. The van der Waals surface area contributed by atoms with Gasteiger partial charge in [-0.2, -0.15) is 0 Å². The molecule has 136 valence electrons. The van der Waals surface area contributed by atoms with Gasteiger partial charge in [-0.05, 0) is 31.7 Å². The number of nitrogens with zero attached hydrogens (tertiary/aromatic N) is 4. The van der Waals surface area contributed by atoms with Crippen LogP contribution in [0.25, 0.3) is 10.2 Å². The molecule has 4 rings (SSSR count). The van der Waals surface area contributed by atoms with E-state index in [0.29, 0.717) is 32.3 Å². The summed E-state index contributed by atoms with van der Waals surface area (Å²) < 4.78 is 1.79. The molecule has 0 saturated carbocycles. The molecule has 0 aliphatic carbocycles. The van der Waals surface area contributed by atoms with Crippen molar-refractivity contribution in [3.05, 3.63) is 31.6 Å². The largest absolute Gasteiger partial charge is 0.296 e. The summed E-state index contributed by atoms with van der Waals surface area (Å²) in [7, 11) is 0. The molecule has 7 nitrogen and oxygen atoms in total. The number of rotatable bonds is 3. The van der Waals surface area contributed by atoms with E-state index in [1.54, 1.807) is 4.57 Å². The van der Waals surface area contributed by atoms with Crippen molar-refractivity contribution in [1.29, 1.82) is 0 Å². The minimum absolute atomic E-state index is 0.0242. The lowest BCUT2D eigenvalue weighted by molar-refractivity contribution is 0.103. The maximum atomic E-state index is 13.0. The molecular formula is C17H19N5O2S2. The first-order valence-corrected chi connectivity index (χ1v) is 10.4. The Balaban J connectivity index is 1.74. The van der Waals surface area contributed by atoms with Gasteiger partial charge in [0.2, 0.25) is 5.13 Å². The number of carbonyl (C=O) groups is 1. The maximum absolute atomic E-state index is 13.0. The average Bonchev–Trinajstić information content (AvgIpc) is 3.12. The summed E-state index contributed by atoms with van der Waals surface area (Å²) in [4.78, 5) is 31.5. The van der Waals surface area contributed by atoms with Crippen LogP contribution >= 0.6 is 22.7 Å². The molecule has 3 aromatic rings. The van der Waals surface area contributed by atoms with Crippen molar-refractivity contribution in [3.63, 3.8) is 0 Å². The van der Waals surface area contributed by atoms with Crippen LogP contribution in [0.5, 0.6) is 0 Å². The number of nitrogens with one attached hydrogen (secondary N) is 1. The van der Waals surface area contributed by atoms with E-state index >= 15 is 0 Å². The zero-order chi connectivity index (χ0) is 18.3. The standard InChI is InChI=1S/C17H19N5O2S2/c1-3-11-20-21-17(25-11)19-14(23)13-9(2)12-15(26-13)18-10-7-5-4-6-8-22(10)16(12)24/h3-8H2,1-2H3,(H,19,21,23). The molecule has 0 radical (unpaired) electrons. The Bertz CT molecular complexity index is 1050. The van der Waals surface area contributed by atoms with E-state index in [1.165, 1.54) is 22.7 Å². The van der Waals surface area contributed by atoms with Crippen LogP contribution in [0, 0.1) is 6.92 Å². The molecule has 9 heteroatoms. The lowest BCUT2D eigenvalue weighted by atomic mass is 10.2. The van der Waals surface area contributed by atoms with E-state index in [4.69, 9.17) is 4.98 Å². The summed E-state index contributed by atoms with van der Waals surface area (Å²) in [5.74, 6) is 0.578. The monoisotopic (exact) mass is 389 g/mol. The number of carbonyl (C=O) groups excluding carboxylic acids is 1. The normalized spacial score (nSPS) is 14.2. The molecule has 0 aromatic carbocycles. The number of fused-ring (bicyclic) bond motifs is 2. The second-order valence-corrected chi connectivity index (χ2v) is 8.40. The van der Waals surface area contributed by atoms with Gasteiger partial charge in [-0.3, -0.25) is 19.5 Å². The zero-order valence-electron chi connectivity index (χ0n) is 14.7. The summed E-state index contributed by atoms with van der Waals surface area (Å²) in [6.07, 6.45) is 4.75. The predicted octanol–water partition coefficient (Wildman–Crippen LogP) is 3.16. The van der Waals surface area contributed by atoms with E-state index in [0.717, 1.165) is 42.9 Å². The van der Waals surface area contributed by atoms with Gasteiger partial charge in [0.25, 0.3) is 11.5 Å². The average molecular weight is 390 g/mol. The first-order valence-electron chi connectivity index (χ1n) is 8.75. The van der Waals surface area contributed by atoms with Crippen LogP contribution in [0.2, 0.25) is 0 Å². The first kappa shape index (κ1) is 17.3.